The molecular weight excluding hydrogens is 254 g/mol. The van der Waals surface area contributed by atoms with Gasteiger partial charge in [0, 0.05) is 6.07 Å². The zero-order valence-corrected chi connectivity index (χ0v) is 11.5. The lowest BCUT2D eigenvalue weighted by molar-refractivity contribution is -0.659. The summed E-state index contributed by atoms with van der Waals surface area (Å²) in [5, 5.41) is 0. The quantitative estimate of drug-likeness (QED) is 0.768. The van der Waals surface area contributed by atoms with E-state index in [1.165, 1.54) is 12.1 Å². The summed E-state index contributed by atoms with van der Waals surface area (Å²) >= 11 is 0. The fraction of sp³-hybridized carbons (Fsp3) is 0.333. The molecular formula is C15H18N3O2+. The molecule has 0 atom stereocenters. The Morgan fingerprint density at radius 1 is 1.15 bits per heavy atom. The monoisotopic (exact) mass is 272 g/mol. The third kappa shape index (κ3) is 2.39. The Balaban J connectivity index is 1.65. The zero-order chi connectivity index (χ0) is 13.9. The van der Waals surface area contributed by atoms with E-state index in [0.717, 1.165) is 13.1 Å². The van der Waals surface area contributed by atoms with E-state index in [4.69, 9.17) is 4.42 Å². The summed E-state index contributed by atoms with van der Waals surface area (Å²) in [6.45, 7) is 3.11. The zero-order valence-electron chi connectivity index (χ0n) is 11.5. The molecule has 3 heterocycles. The van der Waals surface area contributed by atoms with Crippen LogP contribution in [0.25, 0.3) is 0 Å². The number of hydrogen-bond donors (Lipinski definition) is 0. The summed E-state index contributed by atoms with van der Waals surface area (Å²) < 4.78 is 7.27. The molecule has 20 heavy (non-hydrogen) atoms. The topological polar surface area (TPSA) is 40.6 Å². The standard InChI is InChI=1S/C15H18N3O2/c1-16-7-3-2-6-14(16)17-8-10-18(11-9-17)15(19)13-5-4-12-20-13/h2-7,12H,8-11H2,1H3/q+1. The SMILES string of the molecule is C[n+]1ccccc1N1CCN(C(=O)c2ccco2)CC1. The van der Waals surface area contributed by atoms with Gasteiger partial charge in [-0.1, -0.05) is 6.07 Å². The number of carbonyl (C=O) groups excluding carboxylic acids is 1. The highest BCUT2D eigenvalue weighted by atomic mass is 16.3. The third-order valence-corrected chi connectivity index (χ3v) is 3.65. The first kappa shape index (κ1) is 12.7. The molecule has 0 bridgehead atoms. The minimum absolute atomic E-state index is 0.0212. The van der Waals surface area contributed by atoms with E-state index in [1.807, 2.05) is 30.3 Å². The van der Waals surface area contributed by atoms with Gasteiger partial charge in [0.05, 0.1) is 32.6 Å². The largest absolute Gasteiger partial charge is 0.459 e. The number of anilines is 1. The van der Waals surface area contributed by atoms with Crippen molar-refractivity contribution in [3.8, 4) is 0 Å². The van der Waals surface area contributed by atoms with Gasteiger partial charge in [-0.3, -0.25) is 9.69 Å². The van der Waals surface area contributed by atoms with Crippen LogP contribution >= 0.6 is 0 Å². The minimum atomic E-state index is -0.0212. The van der Waals surface area contributed by atoms with Crippen molar-refractivity contribution >= 4 is 11.7 Å². The molecule has 0 saturated carbocycles. The summed E-state index contributed by atoms with van der Waals surface area (Å²) in [5.74, 6) is 1.58. The maximum atomic E-state index is 12.2. The van der Waals surface area contributed by atoms with Crippen LogP contribution in [0.15, 0.2) is 47.2 Å². The van der Waals surface area contributed by atoms with Gasteiger partial charge in [0.25, 0.3) is 11.7 Å². The van der Waals surface area contributed by atoms with E-state index >= 15 is 0 Å². The molecule has 2 aromatic heterocycles. The number of pyridine rings is 1. The van der Waals surface area contributed by atoms with Crippen LogP contribution < -0.4 is 9.47 Å². The lowest BCUT2D eigenvalue weighted by atomic mass is 10.2. The molecule has 0 aromatic carbocycles. The fourth-order valence-electron chi connectivity index (χ4n) is 2.54. The Labute approximate surface area is 118 Å². The molecule has 0 radical (unpaired) electrons. The minimum Gasteiger partial charge on any atom is -0.459 e. The van der Waals surface area contributed by atoms with Crippen LogP contribution in [0.2, 0.25) is 0 Å². The molecule has 0 spiro atoms. The van der Waals surface area contributed by atoms with Gasteiger partial charge >= 0.3 is 0 Å². The van der Waals surface area contributed by atoms with Crippen molar-refractivity contribution in [3.63, 3.8) is 0 Å². The average molecular weight is 272 g/mol. The molecule has 1 aliphatic rings. The number of hydrogen-bond acceptors (Lipinski definition) is 3. The summed E-state index contributed by atoms with van der Waals surface area (Å²) in [4.78, 5) is 16.3. The molecule has 104 valence electrons. The molecule has 5 nitrogen and oxygen atoms in total. The van der Waals surface area contributed by atoms with Crippen LogP contribution in [0.5, 0.6) is 0 Å². The lowest BCUT2D eigenvalue weighted by Crippen LogP contribution is -2.51. The highest BCUT2D eigenvalue weighted by molar-refractivity contribution is 5.91. The van der Waals surface area contributed by atoms with Gasteiger partial charge < -0.3 is 9.32 Å². The van der Waals surface area contributed by atoms with Crippen molar-refractivity contribution in [2.24, 2.45) is 7.05 Å². The lowest BCUT2D eigenvalue weighted by Gasteiger charge is -2.31. The molecule has 5 heteroatoms. The molecule has 3 rings (SSSR count). The molecule has 1 saturated heterocycles. The number of amides is 1. The van der Waals surface area contributed by atoms with Crippen molar-refractivity contribution < 1.29 is 13.8 Å². The average Bonchev–Trinajstić information content (AvgIpc) is 3.01. The van der Waals surface area contributed by atoms with Crippen molar-refractivity contribution in [1.82, 2.24) is 4.90 Å². The molecule has 1 aliphatic heterocycles. The Morgan fingerprint density at radius 3 is 2.60 bits per heavy atom. The highest BCUT2D eigenvalue weighted by Gasteiger charge is 2.28. The van der Waals surface area contributed by atoms with E-state index in [1.54, 1.807) is 12.1 Å². The number of nitrogens with zero attached hydrogens (tertiary/aromatic N) is 3. The fourth-order valence-corrected chi connectivity index (χ4v) is 2.54. The van der Waals surface area contributed by atoms with E-state index in [-0.39, 0.29) is 5.91 Å². The first-order valence-electron chi connectivity index (χ1n) is 6.78. The predicted octanol–water partition coefficient (Wildman–Crippen LogP) is 1.07. The van der Waals surface area contributed by atoms with E-state index in [9.17, 15) is 4.79 Å². The van der Waals surface area contributed by atoms with Crippen LogP contribution in [0.4, 0.5) is 5.82 Å². The highest BCUT2D eigenvalue weighted by Crippen LogP contribution is 2.13. The van der Waals surface area contributed by atoms with Gasteiger partial charge in [-0.25, -0.2) is 4.57 Å². The van der Waals surface area contributed by atoms with Gasteiger partial charge in [0.2, 0.25) is 0 Å². The number of furan rings is 1. The van der Waals surface area contributed by atoms with E-state index in [0.29, 0.717) is 18.8 Å². The predicted molar refractivity (Wildman–Crippen MR) is 74.4 cm³/mol. The summed E-state index contributed by atoms with van der Waals surface area (Å²) in [7, 11) is 2.04. The molecule has 2 aromatic rings. The third-order valence-electron chi connectivity index (χ3n) is 3.65. The van der Waals surface area contributed by atoms with Crippen LogP contribution in [-0.4, -0.2) is 37.0 Å². The van der Waals surface area contributed by atoms with Gasteiger partial charge in [-0.15, -0.1) is 0 Å². The maximum Gasteiger partial charge on any atom is 0.289 e. The first-order chi connectivity index (χ1) is 9.75. The van der Waals surface area contributed by atoms with Crippen molar-refractivity contribution in [3.05, 3.63) is 48.6 Å². The molecule has 0 N–H and O–H groups in total. The van der Waals surface area contributed by atoms with Crippen LogP contribution in [-0.2, 0) is 7.05 Å². The second kappa shape index (κ2) is 5.36. The summed E-state index contributed by atoms with van der Waals surface area (Å²) in [6, 6.07) is 9.61. The van der Waals surface area contributed by atoms with Crippen LogP contribution in [0, 0.1) is 0 Å². The number of carbonyl (C=O) groups is 1. The van der Waals surface area contributed by atoms with Gasteiger partial charge in [-0.2, -0.15) is 0 Å². The van der Waals surface area contributed by atoms with Gasteiger partial charge in [0.1, 0.15) is 13.1 Å². The van der Waals surface area contributed by atoms with Gasteiger partial charge in [0.15, 0.2) is 5.76 Å². The van der Waals surface area contributed by atoms with Crippen LogP contribution in [0.3, 0.4) is 0 Å². The Kier molecular flexibility index (Phi) is 3.41. The van der Waals surface area contributed by atoms with E-state index < -0.39 is 0 Å². The maximum absolute atomic E-state index is 12.2. The van der Waals surface area contributed by atoms with Crippen molar-refractivity contribution in [2.75, 3.05) is 31.1 Å². The number of rotatable bonds is 2. The Hall–Kier alpha value is -2.30. The van der Waals surface area contributed by atoms with Gasteiger partial charge in [-0.05, 0) is 18.2 Å². The summed E-state index contributed by atoms with van der Waals surface area (Å²) in [5.41, 5.74) is 0. The Bertz CT molecular complexity index is 587. The number of piperazine rings is 1. The molecule has 0 unspecified atom stereocenters. The number of aromatic nitrogens is 1. The second-order valence-electron chi connectivity index (χ2n) is 4.93. The first-order valence-corrected chi connectivity index (χ1v) is 6.78. The van der Waals surface area contributed by atoms with Crippen molar-refractivity contribution in [1.29, 1.82) is 0 Å². The second-order valence-corrected chi connectivity index (χ2v) is 4.93. The van der Waals surface area contributed by atoms with Crippen LogP contribution in [0.1, 0.15) is 10.6 Å². The molecule has 0 aliphatic carbocycles. The summed E-state index contributed by atoms with van der Waals surface area (Å²) in [6.07, 6.45) is 3.57. The molecule has 1 amide bonds. The normalized spacial score (nSPS) is 15.4. The smallest absolute Gasteiger partial charge is 0.289 e. The number of aryl methyl sites for hydroxylation is 1. The van der Waals surface area contributed by atoms with Crippen molar-refractivity contribution in [2.45, 2.75) is 0 Å². The van der Waals surface area contributed by atoms with E-state index in [2.05, 4.69) is 15.5 Å². The molecule has 1 fully saturated rings. The Morgan fingerprint density at radius 2 is 1.95 bits per heavy atom.